The van der Waals surface area contributed by atoms with Crippen molar-refractivity contribution in [2.24, 2.45) is 0 Å². The summed E-state index contributed by atoms with van der Waals surface area (Å²) in [5.74, 6) is 1.74. The summed E-state index contributed by atoms with van der Waals surface area (Å²) >= 11 is 0. The molecule has 2 aromatic rings. The fraction of sp³-hybridized carbons (Fsp3) is 0.292. The number of rotatable bonds is 6. The van der Waals surface area contributed by atoms with E-state index in [1.54, 1.807) is 6.08 Å². The van der Waals surface area contributed by atoms with Gasteiger partial charge in [-0.25, -0.2) is 4.79 Å². The minimum atomic E-state index is -0.360. The molecule has 29 heavy (non-hydrogen) atoms. The second-order valence-electron chi connectivity index (χ2n) is 7.37. The van der Waals surface area contributed by atoms with Gasteiger partial charge in [-0.1, -0.05) is 35.4 Å². The summed E-state index contributed by atoms with van der Waals surface area (Å²) in [6.45, 7) is 4.45. The minimum Gasteiger partial charge on any atom is -0.491 e. The van der Waals surface area contributed by atoms with Crippen molar-refractivity contribution in [1.82, 2.24) is 0 Å². The van der Waals surface area contributed by atoms with Gasteiger partial charge in [0, 0.05) is 12.5 Å². The van der Waals surface area contributed by atoms with Gasteiger partial charge < -0.3 is 18.9 Å². The Balaban J connectivity index is 1.45. The highest BCUT2D eigenvalue weighted by Crippen LogP contribution is 2.29. The van der Waals surface area contributed by atoms with Crippen molar-refractivity contribution in [2.75, 3.05) is 6.61 Å². The van der Waals surface area contributed by atoms with Crippen LogP contribution in [0.4, 0.5) is 0 Å². The predicted molar refractivity (Wildman–Crippen MR) is 109 cm³/mol. The number of hydrogen-bond donors (Lipinski definition) is 0. The highest BCUT2D eigenvalue weighted by atomic mass is 16.6. The molecule has 2 aromatic carbocycles. The van der Waals surface area contributed by atoms with Gasteiger partial charge in [-0.15, -0.1) is 0 Å². The first kappa shape index (κ1) is 19.3. The van der Waals surface area contributed by atoms with Crippen molar-refractivity contribution in [3.8, 4) is 11.5 Å². The zero-order chi connectivity index (χ0) is 20.2. The highest BCUT2D eigenvalue weighted by Gasteiger charge is 2.37. The molecular weight excluding hydrogens is 368 g/mol. The smallest absolute Gasteiger partial charge is 0.336 e. The summed E-state index contributed by atoms with van der Waals surface area (Å²) in [4.78, 5) is 11.3. The van der Waals surface area contributed by atoms with Crippen LogP contribution in [0.3, 0.4) is 0 Å². The molecule has 2 heterocycles. The van der Waals surface area contributed by atoms with E-state index in [0.29, 0.717) is 18.8 Å². The molecule has 0 amide bonds. The van der Waals surface area contributed by atoms with Gasteiger partial charge in [0.1, 0.15) is 36.1 Å². The normalized spacial score (nSPS) is 24.7. The van der Waals surface area contributed by atoms with E-state index in [2.05, 4.69) is 0 Å². The van der Waals surface area contributed by atoms with E-state index in [1.165, 1.54) is 17.2 Å². The lowest BCUT2D eigenvalue weighted by molar-refractivity contribution is -0.132. The number of allylic oxidation sites excluding steroid dienone is 1. The monoisotopic (exact) mass is 392 g/mol. The molecular formula is C24H24O5. The van der Waals surface area contributed by atoms with Crippen molar-refractivity contribution >= 4 is 5.97 Å². The summed E-state index contributed by atoms with van der Waals surface area (Å²) in [5, 5.41) is 0. The third-order valence-electron chi connectivity index (χ3n) is 4.92. The minimum absolute atomic E-state index is 0.175. The molecule has 0 unspecified atom stereocenters. The molecule has 150 valence electrons. The van der Waals surface area contributed by atoms with Gasteiger partial charge in [-0.3, -0.25) is 0 Å². The summed E-state index contributed by atoms with van der Waals surface area (Å²) in [6.07, 6.45) is 4.87. The molecule has 3 atom stereocenters. The van der Waals surface area contributed by atoms with Gasteiger partial charge in [0.2, 0.25) is 0 Å². The van der Waals surface area contributed by atoms with Crippen LogP contribution in [0, 0.1) is 13.8 Å². The number of ether oxygens (including phenoxy) is 4. The van der Waals surface area contributed by atoms with Crippen LogP contribution >= 0.6 is 0 Å². The Hall–Kier alpha value is -3.05. The molecule has 5 nitrogen and oxygen atoms in total. The van der Waals surface area contributed by atoms with Gasteiger partial charge in [0.15, 0.2) is 0 Å². The number of hydrogen-bond acceptors (Lipinski definition) is 5. The molecule has 2 aliphatic heterocycles. The lowest BCUT2D eigenvalue weighted by Crippen LogP contribution is -2.32. The molecule has 0 spiro atoms. The van der Waals surface area contributed by atoms with Crippen LogP contribution in [0.5, 0.6) is 11.5 Å². The second-order valence-corrected chi connectivity index (χ2v) is 7.37. The maximum atomic E-state index is 11.3. The molecule has 0 saturated carbocycles. The largest absolute Gasteiger partial charge is 0.491 e. The molecule has 0 radical (unpaired) electrons. The highest BCUT2D eigenvalue weighted by molar-refractivity contribution is 5.86. The Morgan fingerprint density at radius 2 is 1.62 bits per heavy atom. The van der Waals surface area contributed by atoms with Crippen LogP contribution < -0.4 is 9.47 Å². The van der Waals surface area contributed by atoms with E-state index in [-0.39, 0.29) is 24.3 Å². The second kappa shape index (κ2) is 8.53. The van der Waals surface area contributed by atoms with Crippen molar-refractivity contribution in [3.05, 3.63) is 83.6 Å². The third-order valence-corrected chi connectivity index (χ3v) is 4.92. The number of carbonyl (C=O) groups excluding carboxylic acids is 1. The van der Waals surface area contributed by atoms with E-state index in [4.69, 9.17) is 18.9 Å². The average molecular weight is 392 g/mol. The van der Waals surface area contributed by atoms with E-state index in [9.17, 15) is 4.79 Å². The maximum absolute atomic E-state index is 11.3. The Bertz CT molecular complexity index is 911. The standard InChI is InChI=1S/C24H24O5/c1-16-3-7-18(8-4-16)26-15-23-22(27-19-9-5-17(2)6-10-19)14-21(28-23)13-20-11-12-24(25)29-20/h3-13,21-23H,14-15H2,1-2H3/b20-13-/t21-,22-,23+/m0/s1. The van der Waals surface area contributed by atoms with Gasteiger partial charge in [-0.05, 0) is 50.3 Å². The van der Waals surface area contributed by atoms with Crippen LogP contribution in [0.1, 0.15) is 17.5 Å². The maximum Gasteiger partial charge on any atom is 0.336 e. The number of carbonyl (C=O) groups is 1. The number of aryl methyl sites for hydroxylation is 2. The van der Waals surface area contributed by atoms with Crippen molar-refractivity contribution in [2.45, 2.75) is 38.6 Å². The number of esters is 1. The molecule has 2 aliphatic rings. The Morgan fingerprint density at radius 1 is 0.966 bits per heavy atom. The summed E-state index contributed by atoms with van der Waals surface area (Å²) in [6, 6.07) is 15.9. The van der Waals surface area contributed by atoms with Crippen molar-refractivity contribution in [3.63, 3.8) is 0 Å². The first-order valence-corrected chi connectivity index (χ1v) is 9.75. The Labute approximate surface area is 170 Å². The SMILES string of the molecule is Cc1ccc(OC[C@H]2O[C@@H](/C=C3/C=CC(=O)O3)C[C@@H]2Oc2ccc(C)cc2)cc1. The molecule has 0 aromatic heterocycles. The summed E-state index contributed by atoms with van der Waals surface area (Å²) in [5.41, 5.74) is 2.36. The quantitative estimate of drug-likeness (QED) is 0.687. The van der Waals surface area contributed by atoms with Gasteiger partial charge in [0.05, 0.1) is 6.10 Å². The summed E-state index contributed by atoms with van der Waals surface area (Å²) < 4.78 is 23.4. The van der Waals surface area contributed by atoms with Gasteiger partial charge in [-0.2, -0.15) is 0 Å². The van der Waals surface area contributed by atoms with E-state index < -0.39 is 0 Å². The van der Waals surface area contributed by atoms with Crippen LogP contribution in [0.2, 0.25) is 0 Å². The lowest BCUT2D eigenvalue weighted by atomic mass is 10.1. The van der Waals surface area contributed by atoms with Gasteiger partial charge >= 0.3 is 5.97 Å². The van der Waals surface area contributed by atoms with E-state index in [1.807, 2.05) is 68.5 Å². The Kier molecular flexibility index (Phi) is 5.67. The average Bonchev–Trinajstić information content (AvgIpc) is 3.29. The zero-order valence-electron chi connectivity index (χ0n) is 16.5. The molecule has 0 aliphatic carbocycles. The van der Waals surface area contributed by atoms with Crippen molar-refractivity contribution < 1.29 is 23.7 Å². The summed E-state index contributed by atoms with van der Waals surface area (Å²) in [7, 11) is 0. The van der Waals surface area contributed by atoms with Crippen LogP contribution in [0.15, 0.2) is 72.5 Å². The van der Waals surface area contributed by atoms with Gasteiger partial charge in [0.25, 0.3) is 0 Å². The van der Waals surface area contributed by atoms with Crippen LogP contribution in [-0.2, 0) is 14.3 Å². The zero-order valence-corrected chi connectivity index (χ0v) is 16.5. The topological polar surface area (TPSA) is 54.0 Å². The van der Waals surface area contributed by atoms with Crippen LogP contribution in [-0.4, -0.2) is 30.9 Å². The van der Waals surface area contributed by atoms with Crippen molar-refractivity contribution in [1.29, 1.82) is 0 Å². The first-order valence-electron chi connectivity index (χ1n) is 9.75. The van der Waals surface area contributed by atoms with E-state index >= 15 is 0 Å². The molecule has 5 heteroatoms. The first-order chi connectivity index (χ1) is 14.0. The van der Waals surface area contributed by atoms with Crippen LogP contribution in [0.25, 0.3) is 0 Å². The number of benzene rings is 2. The fourth-order valence-corrected chi connectivity index (χ4v) is 3.34. The Morgan fingerprint density at radius 3 is 2.24 bits per heavy atom. The lowest BCUT2D eigenvalue weighted by Gasteiger charge is -2.20. The molecule has 1 fully saturated rings. The number of cyclic esters (lactones) is 1. The third kappa shape index (κ3) is 5.06. The molecule has 4 rings (SSSR count). The molecule has 0 N–H and O–H groups in total. The molecule has 1 saturated heterocycles. The van der Waals surface area contributed by atoms with E-state index in [0.717, 1.165) is 11.5 Å². The predicted octanol–water partition coefficient (Wildman–Crippen LogP) is 4.28. The fourth-order valence-electron chi connectivity index (χ4n) is 3.34. The molecule has 0 bridgehead atoms.